The number of anilines is 2. The molecule has 2 atom stereocenters. The van der Waals surface area contributed by atoms with Crippen LogP contribution >= 0.6 is 12.4 Å². The molecule has 0 saturated heterocycles. The van der Waals surface area contributed by atoms with Crippen LogP contribution in [-0.2, 0) is 4.79 Å². The average molecular weight is 367 g/mol. The number of nitrogens with one attached hydrogen (secondary N) is 3. The maximum Gasteiger partial charge on any atom is 0.319 e. The van der Waals surface area contributed by atoms with Gasteiger partial charge in [0.05, 0.1) is 5.92 Å². The number of hydrogen-bond donors (Lipinski definition) is 4. The standard InChI is InChI=1S/C18H26N4O2.ClH/c1-18(19)11-3-2-4-15(18)16(23)20-12-5-7-13(8-6-12)21-17(24)22-14-9-10-14;/h5-8,14-15H,2-4,9-11,19H2,1H3,(H,20,23)(H2,21,22,24);1H. The van der Waals surface area contributed by atoms with E-state index in [-0.39, 0.29) is 30.3 Å². The molecule has 0 spiro atoms. The zero-order valence-electron chi connectivity index (χ0n) is 14.5. The first-order valence-electron chi connectivity index (χ1n) is 8.71. The summed E-state index contributed by atoms with van der Waals surface area (Å²) in [4.78, 5) is 24.2. The maximum atomic E-state index is 12.5. The normalized spacial score (nSPS) is 25.4. The third-order valence-electron chi connectivity index (χ3n) is 4.89. The Morgan fingerprint density at radius 2 is 1.64 bits per heavy atom. The van der Waals surface area contributed by atoms with E-state index < -0.39 is 5.54 Å². The van der Waals surface area contributed by atoms with Crippen molar-refractivity contribution in [3.8, 4) is 0 Å². The van der Waals surface area contributed by atoms with Crippen LogP contribution in [0.25, 0.3) is 0 Å². The van der Waals surface area contributed by atoms with Gasteiger partial charge in [0.2, 0.25) is 5.91 Å². The van der Waals surface area contributed by atoms with Gasteiger partial charge in [0.15, 0.2) is 0 Å². The number of carbonyl (C=O) groups excluding carboxylic acids is 2. The summed E-state index contributed by atoms with van der Waals surface area (Å²) in [6.07, 6.45) is 5.95. The molecular weight excluding hydrogens is 340 g/mol. The van der Waals surface area contributed by atoms with E-state index in [9.17, 15) is 9.59 Å². The monoisotopic (exact) mass is 366 g/mol. The fourth-order valence-electron chi connectivity index (χ4n) is 3.24. The Labute approximate surface area is 154 Å². The Morgan fingerprint density at radius 3 is 2.20 bits per heavy atom. The summed E-state index contributed by atoms with van der Waals surface area (Å²) in [6, 6.07) is 7.29. The van der Waals surface area contributed by atoms with E-state index >= 15 is 0 Å². The molecule has 6 nitrogen and oxygen atoms in total. The van der Waals surface area contributed by atoms with Crippen molar-refractivity contribution >= 4 is 35.7 Å². The minimum Gasteiger partial charge on any atom is -0.335 e. The summed E-state index contributed by atoms with van der Waals surface area (Å²) < 4.78 is 0. The summed E-state index contributed by atoms with van der Waals surface area (Å²) in [5, 5.41) is 8.60. The largest absolute Gasteiger partial charge is 0.335 e. The van der Waals surface area contributed by atoms with Gasteiger partial charge in [0.25, 0.3) is 0 Å². The lowest BCUT2D eigenvalue weighted by Crippen LogP contribution is -2.51. The first-order valence-corrected chi connectivity index (χ1v) is 8.71. The van der Waals surface area contributed by atoms with Crippen LogP contribution in [0.15, 0.2) is 24.3 Å². The van der Waals surface area contributed by atoms with Crippen LogP contribution in [0.2, 0.25) is 0 Å². The molecule has 1 aromatic carbocycles. The fraction of sp³-hybridized carbons (Fsp3) is 0.556. The Hall–Kier alpha value is -1.79. The third kappa shape index (κ3) is 5.34. The molecule has 1 aromatic rings. The van der Waals surface area contributed by atoms with Crippen LogP contribution in [-0.4, -0.2) is 23.5 Å². The summed E-state index contributed by atoms with van der Waals surface area (Å²) in [5.74, 6) is -0.180. The number of rotatable bonds is 4. The Balaban J connectivity index is 0.00000225. The van der Waals surface area contributed by atoms with Gasteiger partial charge < -0.3 is 21.7 Å². The van der Waals surface area contributed by atoms with E-state index in [4.69, 9.17) is 5.73 Å². The average Bonchev–Trinajstić information content (AvgIpc) is 3.32. The molecule has 0 aliphatic heterocycles. The summed E-state index contributed by atoms with van der Waals surface area (Å²) in [7, 11) is 0. The molecule has 2 saturated carbocycles. The quantitative estimate of drug-likeness (QED) is 0.658. The van der Waals surface area contributed by atoms with Gasteiger partial charge in [-0.3, -0.25) is 4.79 Å². The highest BCUT2D eigenvalue weighted by Gasteiger charge is 2.37. The minimum absolute atomic E-state index is 0. The van der Waals surface area contributed by atoms with Crippen molar-refractivity contribution in [3.63, 3.8) is 0 Å². The Morgan fingerprint density at radius 1 is 1.04 bits per heavy atom. The van der Waals surface area contributed by atoms with Crippen molar-refractivity contribution in [1.82, 2.24) is 5.32 Å². The second kappa shape index (κ2) is 8.06. The zero-order valence-corrected chi connectivity index (χ0v) is 15.3. The van der Waals surface area contributed by atoms with Crippen molar-refractivity contribution in [1.29, 1.82) is 0 Å². The first kappa shape index (κ1) is 19.5. The molecule has 7 heteroatoms. The number of urea groups is 1. The third-order valence-corrected chi connectivity index (χ3v) is 4.89. The molecule has 0 heterocycles. The van der Waals surface area contributed by atoms with Gasteiger partial charge in [-0.15, -0.1) is 12.4 Å². The lowest BCUT2D eigenvalue weighted by atomic mass is 9.74. The molecule has 138 valence electrons. The number of amides is 3. The van der Waals surface area contributed by atoms with E-state index in [1.165, 1.54) is 0 Å². The summed E-state index contributed by atoms with van der Waals surface area (Å²) in [5.41, 5.74) is 7.26. The van der Waals surface area contributed by atoms with Gasteiger partial charge in [0, 0.05) is 23.0 Å². The Bertz CT molecular complexity index is 614. The maximum absolute atomic E-state index is 12.5. The zero-order chi connectivity index (χ0) is 17.2. The van der Waals surface area contributed by atoms with Crippen LogP contribution in [0.3, 0.4) is 0 Å². The van der Waals surface area contributed by atoms with Gasteiger partial charge >= 0.3 is 6.03 Å². The lowest BCUT2D eigenvalue weighted by molar-refractivity contribution is -0.122. The molecular formula is C18H27ClN4O2. The molecule has 25 heavy (non-hydrogen) atoms. The molecule has 2 unspecified atom stereocenters. The highest BCUT2D eigenvalue weighted by Crippen LogP contribution is 2.32. The molecule has 2 aliphatic rings. The molecule has 5 N–H and O–H groups in total. The second-order valence-electron chi connectivity index (χ2n) is 7.24. The van der Waals surface area contributed by atoms with E-state index in [2.05, 4.69) is 16.0 Å². The van der Waals surface area contributed by atoms with Crippen LogP contribution in [0.5, 0.6) is 0 Å². The smallest absolute Gasteiger partial charge is 0.319 e. The lowest BCUT2D eigenvalue weighted by Gasteiger charge is -2.37. The minimum atomic E-state index is -0.440. The van der Waals surface area contributed by atoms with E-state index in [1.807, 2.05) is 6.92 Å². The van der Waals surface area contributed by atoms with Crippen LogP contribution < -0.4 is 21.7 Å². The molecule has 3 amide bonds. The number of hydrogen-bond acceptors (Lipinski definition) is 3. The van der Waals surface area contributed by atoms with E-state index in [0.717, 1.165) is 44.2 Å². The van der Waals surface area contributed by atoms with E-state index in [0.29, 0.717) is 11.7 Å². The molecule has 0 radical (unpaired) electrons. The van der Waals surface area contributed by atoms with Crippen molar-refractivity contribution in [2.75, 3.05) is 10.6 Å². The second-order valence-corrected chi connectivity index (χ2v) is 7.24. The summed E-state index contributed by atoms with van der Waals surface area (Å²) >= 11 is 0. The fourth-order valence-corrected chi connectivity index (χ4v) is 3.24. The van der Waals surface area contributed by atoms with Crippen molar-refractivity contribution in [3.05, 3.63) is 24.3 Å². The summed E-state index contributed by atoms with van der Waals surface area (Å²) in [6.45, 7) is 1.96. The molecule has 2 aliphatic carbocycles. The van der Waals surface area contributed by atoms with Gasteiger partial charge in [-0.05, 0) is 56.9 Å². The molecule has 0 bridgehead atoms. The molecule has 2 fully saturated rings. The van der Waals surface area contributed by atoms with Crippen LogP contribution in [0.1, 0.15) is 45.4 Å². The van der Waals surface area contributed by atoms with Gasteiger partial charge in [-0.25, -0.2) is 4.79 Å². The predicted octanol–water partition coefficient (Wildman–Crippen LogP) is 3.24. The molecule has 0 aromatic heterocycles. The van der Waals surface area contributed by atoms with E-state index in [1.54, 1.807) is 24.3 Å². The number of benzene rings is 1. The highest BCUT2D eigenvalue weighted by atomic mass is 35.5. The van der Waals surface area contributed by atoms with Gasteiger partial charge in [-0.2, -0.15) is 0 Å². The number of carbonyl (C=O) groups is 2. The van der Waals surface area contributed by atoms with Crippen molar-refractivity contribution in [2.45, 2.75) is 57.0 Å². The topological polar surface area (TPSA) is 96.2 Å². The molecule has 3 rings (SSSR count). The first-order chi connectivity index (χ1) is 11.4. The van der Waals surface area contributed by atoms with Gasteiger partial charge in [0.1, 0.15) is 0 Å². The Kier molecular flexibility index (Phi) is 6.30. The SMILES string of the molecule is CC1(N)CCCCC1C(=O)Nc1ccc(NC(=O)NC2CC2)cc1.Cl. The van der Waals surface area contributed by atoms with Gasteiger partial charge in [-0.1, -0.05) is 12.8 Å². The number of halogens is 1. The number of nitrogens with two attached hydrogens (primary N) is 1. The highest BCUT2D eigenvalue weighted by molar-refractivity contribution is 5.94. The van der Waals surface area contributed by atoms with Crippen LogP contribution in [0, 0.1) is 5.92 Å². The predicted molar refractivity (Wildman–Crippen MR) is 102 cm³/mol. The van der Waals surface area contributed by atoms with Crippen LogP contribution in [0.4, 0.5) is 16.2 Å². The van der Waals surface area contributed by atoms with Crippen molar-refractivity contribution < 1.29 is 9.59 Å². The van der Waals surface area contributed by atoms with Crippen molar-refractivity contribution in [2.24, 2.45) is 11.7 Å².